The second kappa shape index (κ2) is 4.04. The summed E-state index contributed by atoms with van der Waals surface area (Å²) in [4.78, 5) is 10.9. The standard InChI is InChI=1S/C13H15NO3/c15-13(16)8-6-11(14-7-8)9-2-1-3-12-10(9)4-5-17-12/h1-3,8,11,14H,4-7H2,(H,15,16). The van der Waals surface area contributed by atoms with Crippen LogP contribution in [0, 0.1) is 5.92 Å². The van der Waals surface area contributed by atoms with Gasteiger partial charge in [-0.2, -0.15) is 0 Å². The van der Waals surface area contributed by atoms with Gasteiger partial charge in [-0.1, -0.05) is 12.1 Å². The van der Waals surface area contributed by atoms with E-state index < -0.39 is 5.97 Å². The maximum Gasteiger partial charge on any atom is 0.307 e. The van der Waals surface area contributed by atoms with Gasteiger partial charge >= 0.3 is 5.97 Å². The number of carboxylic acids is 1. The molecule has 0 spiro atoms. The van der Waals surface area contributed by atoms with E-state index in [2.05, 4.69) is 11.4 Å². The number of carboxylic acid groups (broad SMARTS) is 1. The summed E-state index contributed by atoms with van der Waals surface area (Å²) >= 11 is 0. The summed E-state index contributed by atoms with van der Waals surface area (Å²) in [6.45, 7) is 1.30. The number of benzene rings is 1. The van der Waals surface area contributed by atoms with Crippen molar-refractivity contribution in [1.82, 2.24) is 5.32 Å². The maximum atomic E-state index is 10.9. The smallest absolute Gasteiger partial charge is 0.307 e. The van der Waals surface area contributed by atoms with Gasteiger partial charge in [0, 0.05) is 24.6 Å². The van der Waals surface area contributed by atoms with Crippen molar-refractivity contribution in [3.8, 4) is 5.75 Å². The van der Waals surface area contributed by atoms with Crippen molar-refractivity contribution < 1.29 is 14.6 Å². The molecule has 2 aliphatic rings. The molecule has 17 heavy (non-hydrogen) atoms. The second-order valence-electron chi connectivity index (χ2n) is 4.65. The normalized spacial score (nSPS) is 26.6. The molecule has 1 aromatic carbocycles. The number of carbonyl (C=O) groups is 1. The van der Waals surface area contributed by atoms with Crippen LogP contribution in [0.4, 0.5) is 0 Å². The number of fused-ring (bicyclic) bond motifs is 1. The van der Waals surface area contributed by atoms with Gasteiger partial charge < -0.3 is 15.2 Å². The van der Waals surface area contributed by atoms with Crippen LogP contribution in [0.3, 0.4) is 0 Å². The molecule has 1 aromatic rings. The fourth-order valence-corrected chi connectivity index (χ4v) is 2.74. The largest absolute Gasteiger partial charge is 0.493 e. The fraction of sp³-hybridized carbons (Fsp3) is 0.462. The lowest BCUT2D eigenvalue weighted by Crippen LogP contribution is -2.17. The van der Waals surface area contributed by atoms with Crippen LogP contribution in [0.1, 0.15) is 23.6 Å². The Labute approximate surface area is 99.6 Å². The zero-order chi connectivity index (χ0) is 11.8. The van der Waals surface area contributed by atoms with Crippen molar-refractivity contribution in [2.45, 2.75) is 18.9 Å². The summed E-state index contributed by atoms with van der Waals surface area (Å²) in [6.07, 6.45) is 1.60. The minimum atomic E-state index is -0.705. The topological polar surface area (TPSA) is 58.6 Å². The Morgan fingerprint density at radius 2 is 2.35 bits per heavy atom. The number of hydrogen-bond donors (Lipinski definition) is 2. The van der Waals surface area contributed by atoms with Crippen molar-refractivity contribution in [2.75, 3.05) is 13.2 Å². The third-order valence-corrected chi connectivity index (χ3v) is 3.63. The predicted octanol–water partition coefficient (Wildman–Crippen LogP) is 1.36. The Morgan fingerprint density at radius 3 is 3.12 bits per heavy atom. The van der Waals surface area contributed by atoms with Crippen LogP contribution in [-0.2, 0) is 11.2 Å². The second-order valence-corrected chi connectivity index (χ2v) is 4.65. The van der Waals surface area contributed by atoms with E-state index in [1.54, 1.807) is 0 Å². The third-order valence-electron chi connectivity index (χ3n) is 3.63. The van der Waals surface area contributed by atoms with E-state index in [0.29, 0.717) is 13.0 Å². The van der Waals surface area contributed by atoms with Crippen molar-refractivity contribution >= 4 is 5.97 Å². The van der Waals surface area contributed by atoms with Gasteiger partial charge in [0.05, 0.1) is 12.5 Å². The lowest BCUT2D eigenvalue weighted by atomic mass is 9.95. The highest BCUT2D eigenvalue weighted by molar-refractivity contribution is 5.71. The zero-order valence-electron chi connectivity index (χ0n) is 9.48. The molecular formula is C13H15NO3. The molecule has 1 fully saturated rings. The molecule has 1 saturated heterocycles. The van der Waals surface area contributed by atoms with Crippen molar-refractivity contribution in [3.05, 3.63) is 29.3 Å². The molecule has 2 atom stereocenters. The van der Waals surface area contributed by atoms with Crippen LogP contribution in [0.25, 0.3) is 0 Å². The van der Waals surface area contributed by atoms with Crippen molar-refractivity contribution in [2.24, 2.45) is 5.92 Å². The van der Waals surface area contributed by atoms with Crippen LogP contribution in [-0.4, -0.2) is 24.2 Å². The first-order chi connectivity index (χ1) is 8.25. The fourth-order valence-electron chi connectivity index (χ4n) is 2.74. The summed E-state index contributed by atoms with van der Waals surface area (Å²) in [6, 6.07) is 6.20. The molecule has 0 radical (unpaired) electrons. The van der Waals surface area contributed by atoms with E-state index in [0.717, 1.165) is 18.8 Å². The zero-order valence-corrected chi connectivity index (χ0v) is 9.48. The summed E-state index contributed by atoms with van der Waals surface area (Å²) < 4.78 is 5.53. The summed E-state index contributed by atoms with van der Waals surface area (Å²) in [7, 11) is 0. The average Bonchev–Trinajstić information content (AvgIpc) is 2.97. The molecule has 0 aromatic heterocycles. The minimum absolute atomic E-state index is 0.160. The number of aliphatic carboxylic acids is 1. The Bertz CT molecular complexity index is 458. The van der Waals surface area contributed by atoms with E-state index >= 15 is 0 Å². The summed E-state index contributed by atoms with van der Waals surface area (Å²) in [5.41, 5.74) is 2.46. The number of hydrogen-bond acceptors (Lipinski definition) is 3. The quantitative estimate of drug-likeness (QED) is 0.809. The molecule has 2 N–H and O–H groups in total. The Kier molecular flexibility index (Phi) is 2.52. The van der Waals surface area contributed by atoms with Gasteiger partial charge in [0.25, 0.3) is 0 Å². The van der Waals surface area contributed by atoms with Crippen LogP contribution in [0.5, 0.6) is 5.75 Å². The lowest BCUT2D eigenvalue weighted by Gasteiger charge is -2.14. The third kappa shape index (κ3) is 1.78. The molecule has 90 valence electrons. The molecule has 2 aliphatic heterocycles. The first-order valence-corrected chi connectivity index (χ1v) is 5.96. The Balaban J connectivity index is 1.86. The highest BCUT2D eigenvalue weighted by Gasteiger charge is 2.32. The predicted molar refractivity (Wildman–Crippen MR) is 62.1 cm³/mol. The van der Waals surface area contributed by atoms with Crippen molar-refractivity contribution in [3.63, 3.8) is 0 Å². The monoisotopic (exact) mass is 233 g/mol. The van der Waals surface area contributed by atoms with E-state index in [4.69, 9.17) is 9.84 Å². The molecule has 2 unspecified atom stereocenters. The SMILES string of the molecule is O=C(O)C1CNC(c2cccc3c2CCO3)C1. The van der Waals surface area contributed by atoms with Gasteiger partial charge in [-0.15, -0.1) is 0 Å². The highest BCUT2D eigenvalue weighted by atomic mass is 16.5. The summed E-state index contributed by atoms with van der Waals surface area (Å²) in [5.74, 6) is -0.00919. The highest BCUT2D eigenvalue weighted by Crippen LogP contribution is 2.36. The van der Waals surface area contributed by atoms with E-state index in [9.17, 15) is 4.79 Å². The van der Waals surface area contributed by atoms with Crippen molar-refractivity contribution in [1.29, 1.82) is 0 Å². The van der Waals surface area contributed by atoms with Gasteiger partial charge in [0.15, 0.2) is 0 Å². The van der Waals surface area contributed by atoms with Crippen LogP contribution >= 0.6 is 0 Å². The molecule has 0 saturated carbocycles. The van der Waals surface area contributed by atoms with Gasteiger partial charge in [0.2, 0.25) is 0 Å². The van der Waals surface area contributed by atoms with Gasteiger partial charge in [-0.25, -0.2) is 0 Å². The molecule has 4 heteroatoms. The minimum Gasteiger partial charge on any atom is -0.493 e. The molecule has 2 heterocycles. The molecule has 0 bridgehead atoms. The van der Waals surface area contributed by atoms with Gasteiger partial charge in [-0.05, 0) is 18.1 Å². The van der Waals surface area contributed by atoms with Gasteiger partial charge in [-0.3, -0.25) is 4.79 Å². The molecule has 3 rings (SSSR count). The van der Waals surface area contributed by atoms with E-state index in [-0.39, 0.29) is 12.0 Å². The van der Waals surface area contributed by atoms with Gasteiger partial charge in [0.1, 0.15) is 5.75 Å². The first kappa shape index (κ1) is 10.6. The van der Waals surface area contributed by atoms with E-state index in [1.807, 2.05) is 12.1 Å². The number of nitrogens with one attached hydrogen (secondary N) is 1. The first-order valence-electron chi connectivity index (χ1n) is 5.96. The van der Waals surface area contributed by atoms with Crippen LogP contribution in [0.15, 0.2) is 18.2 Å². The Morgan fingerprint density at radius 1 is 1.47 bits per heavy atom. The maximum absolute atomic E-state index is 10.9. The summed E-state index contributed by atoms with van der Waals surface area (Å²) in [5, 5.41) is 12.3. The number of rotatable bonds is 2. The lowest BCUT2D eigenvalue weighted by molar-refractivity contribution is -0.141. The van der Waals surface area contributed by atoms with Crippen LogP contribution < -0.4 is 10.1 Å². The average molecular weight is 233 g/mol. The van der Waals surface area contributed by atoms with E-state index in [1.165, 1.54) is 11.1 Å². The van der Waals surface area contributed by atoms with Crippen LogP contribution in [0.2, 0.25) is 0 Å². The molecule has 0 aliphatic carbocycles. The number of ether oxygens (including phenoxy) is 1. The molecule has 0 amide bonds. The Hall–Kier alpha value is -1.55. The molecule has 4 nitrogen and oxygen atoms in total. The molecular weight excluding hydrogens is 218 g/mol.